The molecule has 0 saturated carbocycles. The van der Waals surface area contributed by atoms with Crippen LogP contribution in [0.1, 0.15) is 19.2 Å². The highest BCUT2D eigenvalue weighted by Crippen LogP contribution is 2.21. The molecule has 0 fully saturated rings. The van der Waals surface area contributed by atoms with Crippen LogP contribution in [-0.2, 0) is 6.42 Å². The largest absolute Gasteiger partial charge is 0.497 e. The molecular formula is C14H19N3O2. The Labute approximate surface area is 113 Å². The number of benzene rings is 1. The van der Waals surface area contributed by atoms with Crippen molar-refractivity contribution < 1.29 is 9.26 Å². The van der Waals surface area contributed by atoms with Crippen LogP contribution >= 0.6 is 0 Å². The van der Waals surface area contributed by atoms with Gasteiger partial charge in [-0.25, -0.2) is 0 Å². The van der Waals surface area contributed by atoms with Gasteiger partial charge in [-0.05, 0) is 32.5 Å². The second kappa shape index (κ2) is 6.33. The van der Waals surface area contributed by atoms with Crippen LogP contribution in [0, 0.1) is 0 Å². The van der Waals surface area contributed by atoms with Crippen LogP contribution in [0.25, 0.3) is 11.4 Å². The summed E-state index contributed by atoms with van der Waals surface area (Å²) in [6, 6.07) is 8.07. The Bertz CT molecular complexity index is 525. The lowest BCUT2D eigenvalue weighted by Crippen LogP contribution is -2.21. The van der Waals surface area contributed by atoms with E-state index in [1.54, 1.807) is 7.11 Å². The van der Waals surface area contributed by atoms with E-state index in [0.717, 1.165) is 24.2 Å². The Hall–Kier alpha value is -1.88. The van der Waals surface area contributed by atoms with E-state index in [4.69, 9.17) is 9.26 Å². The molecule has 1 atom stereocenters. The van der Waals surface area contributed by atoms with Gasteiger partial charge in [-0.3, -0.25) is 0 Å². The fourth-order valence-electron chi connectivity index (χ4n) is 1.72. The maximum absolute atomic E-state index is 5.26. The van der Waals surface area contributed by atoms with E-state index < -0.39 is 0 Å². The van der Waals surface area contributed by atoms with Crippen molar-refractivity contribution in [2.45, 2.75) is 25.8 Å². The van der Waals surface area contributed by atoms with Gasteiger partial charge in [-0.2, -0.15) is 4.98 Å². The first kappa shape index (κ1) is 13.5. The molecule has 0 aliphatic rings. The van der Waals surface area contributed by atoms with Crippen molar-refractivity contribution in [3.8, 4) is 17.1 Å². The van der Waals surface area contributed by atoms with Gasteiger partial charge in [0.2, 0.25) is 11.7 Å². The third-order valence-corrected chi connectivity index (χ3v) is 3.08. The summed E-state index contributed by atoms with van der Waals surface area (Å²) in [7, 11) is 3.58. The molecular weight excluding hydrogens is 242 g/mol. The van der Waals surface area contributed by atoms with Crippen LogP contribution in [0.15, 0.2) is 28.8 Å². The third-order valence-electron chi connectivity index (χ3n) is 3.08. The van der Waals surface area contributed by atoms with Gasteiger partial charge in [0, 0.05) is 18.0 Å². The number of aromatic nitrogens is 2. The van der Waals surface area contributed by atoms with Gasteiger partial charge < -0.3 is 14.6 Å². The number of methoxy groups -OCH3 is 1. The average Bonchev–Trinajstić information content (AvgIpc) is 2.93. The third kappa shape index (κ3) is 3.54. The minimum absolute atomic E-state index is 0.437. The fraction of sp³-hybridized carbons (Fsp3) is 0.429. The van der Waals surface area contributed by atoms with E-state index in [9.17, 15) is 0 Å². The molecule has 102 valence electrons. The van der Waals surface area contributed by atoms with E-state index in [-0.39, 0.29) is 0 Å². The van der Waals surface area contributed by atoms with Crippen molar-refractivity contribution in [2.75, 3.05) is 14.2 Å². The summed E-state index contributed by atoms with van der Waals surface area (Å²) in [5.41, 5.74) is 0.899. The predicted octanol–water partition coefficient (Wildman–Crippen LogP) is 2.29. The first-order valence-corrected chi connectivity index (χ1v) is 6.37. The van der Waals surface area contributed by atoms with Crippen molar-refractivity contribution >= 4 is 0 Å². The van der Waals surface area contributed by atoms with Crippen LogP contribution in [0.5, 0.6) is 5.75 Å². The molecule has 1 aromatic carbocycles. The number of ether oxygens (including phenoxy) is 1. The second-order valence-electron chi connectivity index (χ2n) is 4.47. The molecule has 0 spiro atoms. The number of hydrogen-bond acceptors (Lipinski definition) is 5. The average molecular weight is 261 g/mol. The molecule has 0 aliphatic carbocycles. The maximum Gasteiger partial charge on any atom is 0.227 e. The van der Waals surface area contributed by atoms with Gasteiger partial charge in [0.25, 0.3) is 0 Å². The Morgan fingerprint density at radius 1 is 1.42 bits per heavy atom. The summed E-state index contributed by atoms with van der Waals surface area (Å²) in [6.45, 7) is 2.12. The van der Waals surface area contributed by atoms with Gasteiger partial charge in [0.05, 0.1) is 7.11 Å². The molecule has 5 nitrogen and oxygen atoms in total. The molecule has 5 heteroatoms. The van der Waals surface area contributed by atoms with Gasteiger partial charge in [0.1, 0.15) is 5.75 Å². The van der Waals surface area contributed by atoms with Gasteiger partial charge in [-0.1, -0.05) is 17.3 Å². The number of nitrogens with one attached hydrogen (secondary N) is 1. The molecule has 0 aliphatic heterocycles. The maximum atomic E-state index is 5.26. The summed E-state index contributed by atoms with van der Waals surface area (Å²) in [4.78, 5) is 4.40. The summed E-state index contributed by atoms with van der Waals surface area (Å²) < 4.78 is 10.4. The van der Waals surface area contributed by atoms with Crippen molar-refractivity contribution in [1.82, 2.24) is 15.5 Å². The molecule has 1 heterocycles. The van der Waals surface area contributed by atoms with Crippen molar-refractivity contribution in [3.05, 3.63) is 30.2 Å². The lowest BCUT2D eigenvalue weighted by Gasteiger charge is -2.06. The first-order chi connectivity index (χ1) is 9.22. The fourth-order valence-corrected chi connectivity index (χ4v) is 1.72. The minimum Gasteiger partial charge on any atom is -0.497 e. The van der Waals surface area contributed by atoms with Crippen LogP contribution in [0.4, 0.5) is 0 Å². The number of aryl methyl sites for hydroxylation is 1. The molecule has 19 heavy (non-hydrogen) atoms. The molecule has 2 aromatic rings. The molecule has 2 rings (SSSR count). The summed E-state index contributed by atoms with van der Waals surface area (Å²) in [5, 5.41) is 7.19. The van der Waals surface area contributed by atoms with E-state index in [1.807, 2.05) is 31.3 Å². The summed E-state index contributed by atoms with van der Waals surface area (Å²) in [6.07, 6.45) is 1.75. The lowest BCUT2D eigenvalue weighted by molar-refractivity contribution is 0.369. The van der Waals surface area contributed by atoms with Crippen LogP contribution in [-0.4, -0.2) is 30.3 Å². The number of nitrogens with zero attached hydrogens (tertiary/aromatic N) is 2. The lowest BCUT2D eigenvalue weighted by atomic mass is 10.2. The Kier molecular flexibility index (Phi) is 4.52. The quantitative estimate of drug-likeness (QED) is 0.864. The monoisotopic (exact) mass is 261 g/mol. The van der Waals surface area contributed by atoms with E-state index in [1.165, 1.54) is 0 Å². The molecule has 0 amide bonds. The summed E-state index contributed by atoms with van der Waals surface area (Å²) >= 11 is 0. The molecule has 0 saturated heterocycles. The van der Waals surface area contributed by atoms with Crippen molar-refractivity contribution in [1.29, 1.82) is 0 Å². The Balaban J connectivity index is 2.07. The molecule has 1 unspecified atom stereocenters. The Morgan fingerprint density at radius 2 is 2.26 bits per heavy atom. The topological polar surface area (TPSA) is 60.2 Å². The highest BCUT2D eigenvalue weighted by molar-refractivity contribution is 5.56. The normalized spacial score (nSPS) is 12.4. The minimum atomic E-state index is 0.437. The van der Waals surface area contributed by atoms with Crippen LogP contribution in [0.3, 0.4) is 0 Å². The SMILES string of the molecule is CNC(C)CCc1nc(-c2cccc(OC)c2)no1. The molecule has 0 bridgehead atoms. The van der Waals surface area contributed by atoms with E-state index in [2.05, 4.69) is 22.4 Å². The molecule has 1 aromatic heterocycles. The van der Waals surface area contributed by atoms with Gasteiger partial charge in [-0.15, -0.1) is 0 Å². The molecule has 1 N–H and O–H groups in total. The highest BCUT2D eigenvalue weighted by Gasteiger charge is 2.10. The summed E-state index contributed by atoms with van der Waals surface area (Å²) in [5.74, 6) is 2.05. The van der Waals surface area contributed by atoms with Crippen LogP contribution in [0.2, 0.25) is 0 Å². The highest BCUT2D eigenvalue weighted by atomic mass is 16.5. The zero-order valence-corrected chi connectivity index (χ0v) is 11.5. The second-order valence-corrected chi connectivity index (χ2v) is 4.47. The van der Waals surface area contributed by atoms with Gasteiger partial charge in [0.15, 0.2) is 0 Å². The first-order valence-electron chi connectivity index (χ1n) is 6.37. The zero-order valence-electron chi connectivity index (χ0n) is 11.5. The smallest absolute Gasteiger partial charge is 0.227 e. The van der Waals surface area contributed by atoms with Gasteiger partial charge >= 0.3 is 0 Å². The Morgan fingerprint density at radius 3 is 3.00 bits per heavy atom. The van der Waals surface area contributed by atoms with Crippen molar-refractivity contribution in [2.24, 2.45) is 0 Å². The molecule has 0 radical (unpaired) electrons. The zero-order chi connectivity index (χ0) is 13.7. The van der Waals surface area contributed by atoms with E-state index in [0.29, 0.717) is 17.8 Å². The predicted molar refractivity (Wildman–Crippen MR) is 73.1 cm³/mol. The number of hydrogen-bond donors (Lipinski definition) is 1. The van der Waals surface area contributed by atoms with Crippen molar-refractivity contribution in [3.63, 3.8) is 0 Å². The standard InChI is InChI=1S/C14H19N3O2/c1-10(15-2)7-8-13-16-14(17-19-13)11-5-4-6-12(9-11)18-3/h4-6,9-10,15H,7-8H2,1-3H3. The number of rotatable bonds is 6. The van der Waals surface area contributed by atoms with Crippen LogP contribution < -0.4 is 10.1 Å². The van der Waals surface area contributed by atoms with E-state index >= 15 is 0 Å².